The first kappa shape index (κ1) is 15.7. The molecule has 112 valence electrons. The monoisotopic (exact) mass is 303 g/mol. The van der Waals surface area contributed by atoms with E-state index in [1.807, 2.05) is 30.3 Å². The average molecular weight is 303 g/mol. The van der Waals surface area contributed by atoms with Gasteiger partial charge in [-0.25, -0.2) is 4.98 Å². The molecule has 0 spiro atoms. The third-order valence-electron chi connectivity index (χ3n) is 3.48. The first-order valence-corrected chi connectivity index (χ1v) is 8.20. The molecule has 3 nitrogen and oxygen atoms in total. The van der Waals surface area contributed by atoms with Crippen molar-refractivity contribution in [2.45, 2.75) is 32.6 Å². The highest BCUT2D eigenvalue weighted by molar-refractivity contribution is 7.09. The number of hydrogen-bond acceptors (Lipinski definition) is 4. The van der Waals surface area contributed by atoms with Crippen LogP contribution in [0.2, 0.25) is 0 Å². The fourth-order valence-corrected chi connectivity index (χ4v) is 3.16. The summed E-state index contributed by atoms with van der Waals surface area (Å²) in [5, 5.41) is 3.05. The lowest BCUT2D eigenvalue weighted by Crippen LogP contribution is -2.18. The number of methoxy groups -OCH3 is 1. The maximum Gasteiger partial charge on any atom is 0.309 e. The summed E-state index contributed by atoms with van der Waals surface area (Å²) in [6.45, 7) is 2.13. The van der Waals surface area contributed by atoms with Gasteiger partial charge in [-0.15, -0.1) is 11.3 Å². The standard InChI is InChI=1S/C17H21NO2S/c1-3-4-8-14(17(19)20-2)11-16-18-15(12-21-16)13-9-6-5-7-10-13/h5-7,9-10,12,14H,3-4,8,11H2,1-2H3. The highest BCUT2D eigenvalue weighted by Gasteiger charge is 2.20. The summed E-state index contributed by atoms with van der Waals surface area (Å²) in [5.74, 6) is -0.204. The molecule has 1 heterocycles. The molecule has 0 bridgehead atoms. The summed E-state index contributed by atoms with van der Waals surface area (Å²) in [4.78, 5) is 16.5. The maximum atomic E-state index is 11.9. The zero-order chi connectivity index (χ0) is 15.1. The third kappa shape index (κ3) is 4.39. The molecular formula is C17H21NO2S. The molecule has 4 heteroatoms. The molecule has 1 atom stereocenters. The van der Waals surface area contributed by atoms with E-state index >= 15 is 0 Å². The zero-order valence-corrected chi connectivity index (χ0v) is 13.4. The molecule has 0 radical (unpaired) electrons. The van der Waals surface area contributed by atoms with Gasteiger partial charge >= 0.3 is 5.97 Å². The van der Waals surface area contributed by atoms with Crippen LogP contribution >= 0.6 is 11.3 Å². The number of nitrogens with zero attached hydrogens (tertiary/aromatic N) is 1. The minimum absolute atomic E-state index is 0.0790. The Morgan fingerprint density at radius 2 is 2.10 bits per heavy atom. The van der Waals surface area contributed by atoms with Gasteiger partial charge in [-0.05, 0) is 6.42 Å². The van der Waals surface area contributed by atoms with E-state index in [2.05, 4.69) is 17.3 Å². The molecule has 0 saturated heterocycles. The molecule has 21 heavy (non-hydrogen) atoms. The molecule has 2 aromatic rings. The van der Waals surface area contributed by atoms with Gasteiger partial charge in [-0.1, -0.05) is 50.1 Å². The Kier molecular flexibility index (Phi) is 5.93. The second-order valence-corrected chi connectivity index (χ2v) is 6.00. The number of benzene rings is 1. The van der Waals surface area contributed by atoms with E-state index in [0.29, 0.717) is 6.42 Å². The van der Waals surface area contributed by atoms with Crippen molar-refractivity contribution in [2.75, 3.05) is 7.11 Å². The largest absolute Gasteiger partial charge is 0.469 e. The normalized spacial score (nSPS) is 12.1. The van der Waals surface area contributed by atoms with Gasteiger partial charge in [0.2, 0.25) is 0 Å². The molecule has 1 aromatic carbocycles. The molecule has 0 aliphatic rings. The van der Waals surface area contributed by atoms with Gasteiger partial charge in [-0.3, -0.25) is 4.79 Å². The molecule has 1 aromatic heterocycles. The second kappa shape index (κ2) is 7.93. The Balaban J connectivity index is 2.07. The number of aromatic nitrogens is 1. The second-order valence-electron chi connectivity index (χ2n) is 5.06. The van der Waals surface area contributed by atoms with E-state index in [1.165, 1.54) is 7.11 Å². The van der Waals surface area contributed by atoms with E-state index in [9.17, 15) is 4.79 Å². The number of hydrogen-bond donors (Lipinski definition) is 0. The van der Waals surface area contributed by atoms with Crippen molar-refractivity contribution in [3.63, 3.8) is 0 Å². The Labute approximate surface area is 130 Å². The number of rotatable bonds is 7. The number of carbonyl (C=O) groups excluding carboxylic acids is 1. The average Bonchev–Trinajstić information content (AvgIpc) is 3.00. The molecule has 0 fully saturated rings. The van der Waals surface area contributed by atoms with E-state index < -0.39 is 0 Å². The van der Waals surface area contributed by atoms with Crippen molar-refractivity contribution in [2.24, 2.45) is 5.92 Å². The van der Waals surface area contributed by atoms with Crippen molar-refractivity contribution in [1.29, 1.82) is 0 Å². The summed E-state index contributed by atoms with van der Waals surface area (Å²) < 4.78 is 4.91. The highest BCUT2D eigenvalue weighted by Crippen LogP contribution is 2.25. The van der Waals surface area contributed by atoms with Crippen LogP contribution in [0.15, 0.2) is 35.7 Å². The number of unbranched alkanes of at least 4 members (excludes halogenated alkanes) is 1. The SMILES string of the molecule is CCCCC(Cc1nc(-c2ccccc2)cs1)C(=O)OC. The lowest BCUT2D eigenvalue weighted by atomic mass is 9.99. The van der Waals surface area contributed by atoms with Gasteiger partial charge in [0.05, 0.1) is 23.7 Å². The van der Waals surface area contributed by atoms with Gasteiger partial charge in [0.25, 0.3) is 0 Å². The summed E-state index contributed by atoms with van der Waals surface area (Å²) >= 11 is 1.62. The molecule has 0 aliphatic heterocycles. The van der Waals surface area contributed by atoms with E-state index in [-0.39, 0.29) is 11.9 Å². The van der Waals surface area contributed by atoms with E-state index in [4.69, 9.17) is 4.74 Å². The van der Waals surface area contributed by atoms with Crippen LogP contribution < -0.4 is 0 Å². The van der Waals surface area contributed by atoms with Crippen LogP contribution in [0, 0.1) is 5.92 Å². The maximum absolute atomic E-state index is 11.9. The quantitative estimate of drug-likeness (QED) is 0.715. The molecule has 0 amide bonds. The Hall–Kier alpha value is -1.68. The van der Waals surface area contributed by atoms with Crippen molar-refractivity contribution < 1.29 is 9.53 Å². The topological polar surface area (TPSA) is 39.2 Å². The number of carbonyl (C=O) groups is 1. The first-order valence-electron chi connectivity index (χ1n) is 7.32. The number of thiazole rings is 1. The van der Waals surface area contributed by atoms with E-state index in [0.717, 1.165) is 35.5 Å². The fourth-order valence-electron chi connectivity index (χ4n) is 2.28. The van der Waals surface area contributed by atoms with Crippen LogP contribution in [0.25, 0.3) is 11.3 Å². The van der Waals surface area contributed by atoms with Gasteiger partial charge in [0.15, 0.2) is 0 Å². The predicted molar refractivity (Wildman–Crippen MR) is 86.3 cm³/mol. The van der Waals surface area contributed by atoms with Gasteiger partial charge in [-0.2, -0.15) is 0 Å². The lowest BCUT2D eigenvalue weighted by molar-refractivity contribution is -0.145. The van der Waals surface area contributed by atoms with Crippen molar-refractivity contribution in [1.82, 2.24) is 4.98 Å². The molecule has 1 unspecified atom stereocenters. The Morgan fingerprint density at radius 1 is 1.33 bits per heavy atom. The lowest BCUT2D eigenvalue weighted by Gasteiger charge is -2.12. The van der Waals surface area contributed by atoms with E-state index in [1.54, 1.807) is 11.3 Å². The zero-order valence-electron chi connectivity index (χ0n) is 12.5. The smallest absolute Gasteiger partial charge is 0.309 e. The van der Waals surface area contributed by atoms with Crippen LogP contribution in [-0.2, 0) is 16.0 Å². The number of ether oxygens (including phenoxy) is 1. The Bertz CT molecular complexity index is 565. The van der Waals surface area contributed by atoms with Crippen LogP contribution in [0.1, 0.15) is 31.2 Å². The Morgan fingerprint density at radius 3 is 2.76 bits per heavy atom. The van der Waals surface area contributed by atoms with Gasteiger partial charge < -0.3 is 4.74 Å². The minimum Gasteiger partial charge on any atom is -0.469 e. The summed E-state index contributed by atoms with van der Waals surface area (Å²) in [6.07, 6.45) is 3.66. The summed E-state index contributed by atoms with van der Waals surface area (Å²) in [7, 11) is 1.46. The molecule has 0 N–H and O–H groups in total. The predicted octanol–water partition coefficient (Wildman–Crippen LogP) is 4.33. The molecule has 0 saturated carbocycles. The van der Waals surface area contributed by atoms with Crippen molar-refractivity contribution >= 4 is 17.3 Å². The summed E-state index contributed by atoms with van der Waals surface area (Å²) in [5.41, 5.74) is 2.10. The van der Waals surface area contributed by atoms with Crippen LogP contribution in [0.3, 0.4) is 0 Å². The summed E-state index contributed by atoms with van der Waals surface area (Å²) in [6, 6.07) is 10.1. The molecule has 0 aliphatic carbocycles. The van der Waals surface area contributed by atoms with Crippen molar-refractivity contribution in [3.05, 3.63) is 40.7 Å². The highest BCUT2D eigenvalue weighted by atomic mass is 32.1. The molecule has 2 rings (SSSR count). The third-order valence-corrected chi connectivity index (χ3v) is 4.35. The first-order chi connectivity index (χ1) is 10.2. The van der Waals surface area contributed by atoms with Crippen LogP contribution in [-0.4, -0.2) is 18.1 Å². The van der Waals surface area contributed by atoms with Crippen LogP contribution in [0.4, 0.5) is 0 Å². The van der Waals surface area contributed by atoms with Gasteiger partial charge in [0, 0.05) is 17.4 Å². The van der Waals surface area contributed by atoms with Gasteiger partial charge in [0.1, 0.15) is 0 Å². The number of esters is 1. The molecular weight excluding hydrogens is 282 g/mol. The minimum atomic E-state index is -0.125. The fraction of sp³-hybridized carbons (Fsp3) is 0.412. The van der Waals surface area contributed by atoms with Crippen LogP contribution in [0.5, 0.6) is 0 Å². The van der Waals surface area contributed by atoms with Crippen molar-refractivity contribution in [3.8, 4) is 11.3 Å².